The van der Waals surface area contributed by atoms with E-state index in [-0.39, 0.29) is 12.5 Å². The molecule has 1 amide bonds. The first kappa shape index (κ1) is 14.0. The number of nitriles is 1. The van der Waals surface area contributed by atoms with Crippen LogP contribution in [0.5, 0.6) is 0 Å². The lowest BCUT2D eigenvalue weighted by molar-refractivity contribution is -0.116. The number of carbonyl (C=O) groups is 1. The van der Waals surface area contributed by atoms with Crippen LogP contribution in [-0.2, 0) is 4.79 Å². The van der Waals surface area contributed by atoms with Crippen LogP contribution in [0.4, 0.5) is 5.69 Å². The topological polar surface area (TPSA) is 70.1 Å². The van der Waals surface area contributed by atoms with Gasteiger partial charge in [0.1, 0.15) is 6.07 Å². The van der Waals surface area contributed by atoms with Crippen LogP contribution < -0.4 is 10.6 Å². The van der Waals surface area contributed by atoms with Crippen LogP contribution in [0.15, 0.2) is 18.2 Å². The second kappa shape index (κ2) is 6.06. The van der Waals surface area contributed by atoms with Gasteiger partial charge in [-0.05, 0) is 30.5 Å². The van der Waals surface area contributed by atoms with Crippen LogP contribution in [0.2, 0.25) is 0 Å². The molecule has 0 heterocycles. The molecule has 0 aliphatic carbocycles. The van der Waals surface area contributed by atoms with Crippen LogP contribution in [0.3, 0.4) is 0 Å². The molecule has 96 valence electrons. The summed E-state index contributed by atoms with van der Waals surface area (Å²) in [4.78, 5) is 13.0. The second-order valence-electron chi connectivity index (χ2n) is 4.87. The van der Waals surface area contributed by atoms with Crippen LogP contribution >= 0.6 is 0 Å². The summed E-state index contributed by atoms with van der Waals surface area (Å²) in [6, 6.07) is 7.80. The molecule has 1 rings (SSSR count). The molecule has 0 fully saturated rings. The van der Waals surface area contributed by atoms with Crippen LogP contribution in [0, 0.1) is 24.2 Å². The maximum absolute atomic E-state index is 11.1. The van der Waals surface area contributed by atoms with E-state index in [0.717, 1.165) is 11.3 Å². The maximum Gasteiger partial charge on any atom is 0.236 e. The number of rotatable bonds is 5. The molecule has 1 aromatic rings. The summed E-state index contributed by atoms with van der Waals surface area (Å²) in [5.41, 5.74) is 7.65. The number of benzene rings is 1. The van der Waals surface area contributed by atoms with E-state index in [1.54, 1.807) is 0 Å². The molecule has 0 unspecified atom stereocenters. The van der Waals surface area contributed by atoms with Crippen molar-refractivity contribution in [2.45, 2.75) is 20.8 Å². The highest BCUT2D eigenvalue weighted by Crippen LogP contribution is 2.22. The van der Waals surface area contributed by atoms with Crippen molar-refractivity contribution in [3.05, 3.63) is 29.3 Å². The molecule has 0 atom stereocenters. The van der Waals surface area contributed by atoms with Gasteiger partial charge >= 0.3 is 0 Å². The molecule has 4 nitrogen and oxygen atoms in total. The molecule has 18 heavy (non-hydrogen) atoms. The Balaban J connectivity index is 3.12. The van der Waals surface area contributed by atoms with Gasteiger partial charge in [-0.15, -0.1) is 0 Å². The molecule has 0 radical (unpaired) electrons. The minimum Gasteiger partial charge on any atom is -0.368 e. The van der Waals surface area contributed by atoms with E-state index in [2.05, 4.69) is 19.9 Å². The van der Waals surface area contributed by atoms with Crippen molar-refractivity contribution < 1.29 is 4.79 Å². The molecule has 2 N–H and O–H groups in total. The molecule has 0 aliphatic heterocycles. The number of primary amides is 1. The van der Waals surface area contributed by atoms with Gasteiger partial charge in [0.15, 0.2) is 0 Å². The van der Waals surface area contributed by atoms with E-state index >= 15 is 0 Å². The predicted octanol–water partition coefficient (Wildman–Crippen LogP) is 1.81. The van der Waals surface area contributed by atoms with Gasteiger partial charge in [0.05, 0.1) is 17.8 Å². The van der Waals surface area contributed by atoms with Crippen LogP contribution in [0.25, 0.3) is 0 Å². The van der Waals surface area contributed by atoms with E-state index in [9.17, 15) is 4.79 Å². The van der Waals surface area contributed by atoms with E-state index in [0.29, 0.717) is 18.0 Å². The summed E-state index contributed by atoms with van der Waals surface area (Å²) in [7, 11) is 0. The van der Waals surface area contributed by atoms with Gasteiger partial charge in [-0.3, -0.25) is 4.79 Å². The Labute approximate surface area is 108 Å². The fraction of sp³-hybridized carbons (Fsp3) is 0.429. The summed E-state index contributed by atoms with van der Waals surface area (Å²) in [5, 5.41) is 9.17. The summed E-state index contributed by atoms with van der Waals surface area (Å²) >= 11 is 0. The lowest BCUT2D eigenvalue weighted by atomic mass is 10.1. The van der Waals surface area contributed by atoms with Crippen LogP contribution in [0.1, 0.15) is 25.0 Å². The summed E-state index contributed by atoms with van der Waals surface area (Å²) in [6.07, 6.45) is 0. The zero-order chi connectivity index (χ0) is 13.7. The quantitative estimate of drug-likeness (QED) is 0.860. The Morgan fingerprint density at radius 2 is 2.17 bits per heavy atom. The highest BCUT2D eigenvalue weighted by Gasteiger charge is 2.14. The van der Waals surface area contributed by atoms with E-state index in [4.69, 9.17) is 11.0 Å². The number of hydrogen-bond acceptors (Lipinski definition) is 3. The Morgan fingerprint density at radius 1 is 1.50 bits per heavy atom. The molecule has 0 aliphatic rings. The average Bonchev–Trinajstić information content (AvgIpc) is 2.26. The number of nitrogens with two attached hydrogens (primary N) is 1. The Kier molecular flexibility index (Phi) is 4.73. The van der Waals surface area contributed by atoms with Crippen molar-refractivity contribution in [2.24, 2.45) is 11.7 Å². The van der Waals surface area contributed by atoms with Gasteiger partial charge in [0, 0.05) is 6.54 Å². The van der Waals surface area contributed by atoms with Crippen molar-refractivity contribution in [3.63, 3.8) is 0 Å². The highest BCUT2D eigenvalue weighted by molar-refractivity contribution is 5.80. The third-order valence-electron chi connectivity index (χ3n) is 2.55. The minimum absolute atomic E-state index is 0.135. The summed E-state index contributed by atoms with van der Waals surface area (Å²) < 4.78 is 0. The van der Waals surface area contributed by atoms with Crippen LogP contribution in [-0.4, -0.2) is 19.0 Å². The molecular weight excluding hydrogens is 226 g/mol. The number of nitrogens with zero attached hydrogens (tertiary/aromatic N) is 2. The highest BCUT2D eigenvalue weighted by atomic mass is 16.1. The molecule has 0 spiro atoms. The van der Waals surface area contributed by atoms with Crippen molar-refractivity contribution in [1.29, 1.82) is 5.26 Å². The van der Waals surface area contributed by atoms with Crippen molar-refractivity contribution in [2.75, 3.05) is 18.0 Å². The van der Waals surface area contributed by atoms with Gasteiger partial charge in [0.25, 0.3) is 0 Å². The monoisotopic (exact) mass is 245 g/mol. The number of aryl methyl sites for hydroxylation is 1. The minimum atomic E-state index is -0.389. The molecule has 0 saturated heterocycles. The number of carbonyl (C=O) groups excluding carboxylic acids is 1. The van der Waals surface area contributed by atoms with Gasteiger partial charge in [-0.2, -0.15) is 5.26 Å². The normalized spacial score (nSPS) is 10.2. The standard InChI is InChI=1S/C14H19N3O/c1-10(2)8-17(9-14(16)18)13-5-4-11(3)6-12(13)7-15/h4-6,10H,8-9H2,1-3H3,(H2,16,18). The zero-order valence-electron chi connectivity index (χ0n) is 11.1. The lowest BCUT2D eigenvalue weighted by Gasteiger charge is -2.26. The number of amides is 1. The maximum atomic E-state index is 11.1. The summed E-state index contributed by atoms with van der Waals surface area (Å²) in [6.45, 7) is 6.89. The third kappa shape index (κ3) is 3.77. The summed E-state index contributed by atoms with van der Waals surface area (Å²) in [5.74, 6) is -0.00249. The molecule has 1 aromatic carbocycles. The number of hydrogen-bond donors (Lipinski definition) is 1. The molecule has 4 heteroatoms. The smallest absolute Gasteiger partial charge is 0.236 e. The Bertz CT molecular complexity index is 474. The fourth-order valence-electron chi connectivity index (χ4n) is 1.89. The molecular formula is C14H19N3O. The van der Waals surface area contributed by atoms with Gasteiger partial charge in [-0.1, -0.05) is 19.9 Å². The van der Waals surface area contributed by atoms with Gasteiger partial charge < -0.3 is 10.6 Å². The molecule has 0 aromatic heterocycles. The largest absolute Gasteiger partial charge is 0.368 e. The van der Waals surface area contributed by atoms with Gasteiger partial charge in [-0.25, -0.2) is 0 Å². The first-order valence-corrected chi connectivity index (χ1v) is 5.98. The SMILES string of the molecule is Cc1ccc(N(CC(N)=O)CC(C)C)c(C#N)c1. The Morgan fingerprint density at radius 3 is 2.67 bits per heavy atom. The van der Waals surface area contributed by atoms with E-state index in [1.165, 1.54) is 0 Å². The second-order valence-corrected chi connectivity index (χ2v) is 4.87. The average molecular weight is 245 g/mol. The molecule has 0 saturated carbocycles. The zero-order valence-corrected chi connectivity index (χ0v) is 11.1. The van der Waals surface area contributed by atoms with Crippen molar-refractivity contribution >= 4 is 11.6 Å². The lowest BCUT2D eigenvalue weighted by Crippen LogP contribution is -2.36. The van der Waals surface area contributed by atoms with E-state index < -0.39 is 0 Å². The molecule has 0 bridgehead atoms. The van der Waals surface area contributed by atoms with Crippen molar-refractivity contribution in [1.82, 2.24) is 0 Å². The first-order chi connectivity index (χ1) is 8.43. The Hall–Kier alpha value is -2.02. The van der Waals surface area contributed by atoms with Gasteiger partial charge in [0.2, 0.25) is 5.91 Å². The first-order valence-electron chi connectivity index (χ1n) is 5.98. The number of anilines is 1. The van der Waals surface area contributed by atoms with Crippen molar-refractivity contribution in [3.8, 4) is 6.07 Å². The third-order valence-corrected chi connectivity index (χ3v) is 2.55. The fourth-order valence-corrected chi connectivity index (χ4v) is 1.89. The predicted molar refractivity (Wildman–Crippen MR) is 72.1 cm³/mol. The van der Waals surface area contributed by atoms with E-state index in [1.807, 2.05) is 30.0 Å².